The smallest absolute Gasteiger partial charge is 0.136 e. The van der Waals surface area contributed by atoms with Crippen LogP contribution in [0.3, 0.4) is 0 Å². The summed E-state index contributed by atoms with van der Waals surface area (Å²) in [6.45, 7) is 0. The van der Waals surface area contributed by atoms with Crippen LogP contribution < -0.4 is 0 Å². The van der Waals surface area contributed by atoms with Crippen LogP contribution in [0, 0.1) is 11.3 Å². The van der Waals surface area contributed by atoms with E-state index in [1.807, 2.05) is 12.1 Å². The van der Waals surface area contributed by atoms with Gasteiger partial charge in [-0.15, -0.1) is 0 Å². The highest BCUT2D eigenvalue weighted by Crippen LogP contribution is 2.47. The van der Waals surface area contributed by atoms with Crippen molar-refractivity contribution < 1.29 is 4.42 Å². The lowest BCUT2D eigenvalue weighted by Crippen LogP contribution is -1.91. The van der Waals surface area contributed by atoms with Crippen LogP contribution >= 0.6 is 0 Å². The summed E-state index contributed by atoms with van der Waals surface area (Å²) < 4.78 is 6.57. The first-order valence-electron chi connectivity index (χ1n) is 16.6. The minimum atomic E-state index is 0.708. The zero-order valence-electron chi connectivity index (χ0n) is 26.4. The molecule has 0 saturated heterocycles. The number of nitrogens with zero attached hydrogens (tertiary/aromatic N) is 1. The highest BCUT2D eigenvalue weighted by Gasteiger charge is 2.21. The molecule has 9 aromatic carbocycles. The van der Waals surface area contributed by atoms with Crippen LogP contribution in [0.15, 0.2) is 168 Å². The zero-order valence-corrected chi connectivity index (χ0v) is 26.4. The van der Waals surface area contributed by atoms with Crippen molar-refractivity contribution in [3.63, 3.8) is 0 Å². The predicted molar refractivity (Wildman–Crippen MR) is 205 cm³/mol. The molecule has 0 aliphatic carbocycles. The Labute approximate surface area is 282 Å². The summed E-state index contributed by atoms with van der Waals surface area (Å²) in [7, 11) is 0. The highest BCUT2D eigenvalue weighted by atomic mass is 16.3. The van der Waals surface area contributed by atoms with E-state index in [0.29, 0.717) is 5.56 Å². The van der Waals surface area contributed by atoms with Crippen molar-refractivity contribution >= 4 is 65.0 Å². The maximum atomic E-state index is 10.3. The van der Waals surface area contributed by atoms with Gasteiger partial charge in [0.05, 0.1) is 5.56 Å². The number of fused-ring (bicyclic) bond motifs is 7. The molecule has 0 N–H and O–H groups in total. The lowest BCUT2D eigenvalue weighted by molar-refractivity contribution is 0.669. The molecule has 1 aromatic heterocycles. The van der Waals surface area contributed by atoms with Gasteiger partial charge in [-0.3, -0.25) is 0 Å². The van der Waals surface area contributed by atoms with Gasteiger partial charge in [-0.05, 0) is 83.9 Å². The molecule has 0 bridgehead atoms. The van der Waals surface area contributed by atoms with E-state index < -0.39 is 0 Å². The van der Waals surface area contributed by atoms with E-state index >= 15 is 0 Å². The molecule has 0 aliphatic heterocycles. The molecule has 0 amide bonds. The van der Waals surface area contributed by atoms with Crippen molar-refractivity contribution in [2.75, 3.05) is 0 Å². The van der Waals surface area contributed by atoms with Crippen LogP contribution in [0.5, 0.6) is 0 Å². The van der Waals surface area contributed by atoms with Gasteiger partial charge >= 0.3 is 0 Å². The molecule has 49 heavy (non-hydrogen) atoms. The van der Waals surface area contributed by atoms with Gasteiger partial charge in [0.25, 0.3) is 0 Å². The van der Waals surface area contributed by atoms with Gasteiger partial charge < -0.3 is 4.42 Å². The molecule has 0 spiro atoms. The molecule has 0 saturated carbocycles. The maximum absolute atomic E-state index is 10.3. The number of benzene rings is 9. The van der Waals surface area contributed by atoms with Gasteiger partial charge in [-0.25, -0.2) is 0 Å². The van der Waals surface area contributed by atoms with Crippen molar-refractivity contribution in [2.24, 2.45) is 0 Å². The maximum Gasteiger partial charge on any atom is 0.136 e. The van der Waals surface area contributed by atoms with E-state index in [9.17, 15) is 5.26 Å². The molecule has 2 nitrogen and oxygen atoms in total. The fraction of sp³-hybridized carbons (Fsp3) is 0. The molecule has 0 radical (unpaired) electrons. The van der Waals surface area contributed by atoms with Gasteiger partial charge in [0.1, 0.15) is 17.2 Å². The zero-order chi connectivity index (χ0) is 32.5. The van der Waals surface area contributed by atoms with E-state index in [2.05, 4.69) is 158 Å². The summed E-state index contributed by atoms with van der Waals surface area (Å²) in [6.07, 6.45) is 0. The first-order chi connectivity index (χ1) is 24.3. The minimum absolute atomic E-state index is 0.708. The van der Waals surface area contributed by atoms with Gasteiger partial charge in [0.2, 0.25) is 0 Å². The fourth-order valence-corrected chi connectivity index (χ4v) is 8.08. The topological polar surface area (TPSA) is 36.9 Å². The average molecular weight is 622 g/mol. The van der Waals surface area contributed by atoms with Crippen molar-refractivity contribution in [1.82, 2.24) is 0 Å². The molecule has 226 valence electrons. The normalized spacial score (nSPS) is 11.7. The third-order valence-electron chi connectivity index (χ3n) is 10.1. The number of rotatable bonds is 3. The predicted octanol–water partition coefficient (Wildman–Crippen LogP) is 13.1. The number of furan rings is 1. The van der Waals surface area contributed by atoms with Crippen molar-refractivity contribution in [1.29, 1.82) is 5.26 Å². The molecule has 10 aromatic rings. The van der Waals surface area contributed by atoms with Gasteiger partial charge in [-0.2, -0.15) is 5.26 Å². The Morgan fingerprint density at radius 3 is 1.41 bits per heavy atom. The van der Waals surface area contributed by atoms with E-state index in [1.165, 1.54) is 38.2 Å². The monoisotopic (exact) mass is 621 g/mol. The third kappa shape index (κ3) is 4.00. The molecule has 0 atom stereocenters. The second-order valence-corrected chi connectivity index (χ2v) is 12.7. The summed E-state index contributed by atoms with van der Waals surface area (Å²) in [4.78, 5) is 0. The largest absolute Gasteiger partial charge is 0.456 e. The molecular weight excluding hydrogens is 595 g/mol. The molecule has 0 aliphatic rings. The Kier molecular flexibility index (Phi) is 5.97. The molecule has 2 heteroatoms. The van der Waals surface area contributed by atoms with Gasteiger partial charge in [0.15, 0.2) is 0 Å². The van der Waals surface area contributed by atoms with Crippen LogP contribution in [0.1, 0.15) is 5.56 Å². The number of hydrogen-bond acceptors (Lipinski definition) is 2. The van der Waals surface area contributed by atoms with E-state index in [-0.39, 0.29) is 0 Å². The van der Waals surface area contributed by atoms with Gasteiger partial charge in [0, 0.05) is 21.5 Å². The van der Waals surface area contributed by atoms with Crippen LogP contribution in [0.4, 0.5) is 0 Å². The Morgan fingerprint density at radius 2 is 0.857 bits per heavy atom. The molecule has 1 heterocycles. The Bertz CT molecular complexity index is 2880. The number of hydrogen-bond donors (Lipinski definition) is 0. The average Bonchev–Trinajstić information content (AvgIpc) is 3.54. The van der Waals surface area contributed by atoms with Crippen LogP contribution in [-0.4, -0.2) is 0 Å². The summed E-state index contributed by atoms with van der Waals surface area (Å²) in [5, 5.41) is 21.4. The minimum Gasteiger partial charge on any atom is -0.456 e. The summed E-state index contributed by atoms with van der Waals surface area (Å²) >= 11 is 0. The standard InChI is InChI=1S/C47H27NO/c48-28-41-31-15-4-6-17-33(31)46(34-18-7-5-16-32(34)41)39-23-12-24-43-47(39)40-27-30(25-26-42(40)49-43)45-37-21-10-8-19-35(37)44(29-13-2-1-3-14-29)36-20-9-11-22-38(36)45/h1-27H. The van der Waals surface area contributed by atoms with Crippen LogP contribution in [0.25, 0.3) is 98.4 Å². The van der Waals surface area contributed by atoms with Crippen LogP contribution in [-0.2, 0) is 0 Å². The Morgan fingerprint density at radius 1 is 0.367 bits per heavy atom. The molecule has 0 unspecified atom stereocenters. The molecule has 0 fully saturated rings. The molecule has 10 rings (SSSR count). The lowest BCUT2D eigenvalue weighted by Gasteiger charge is -2.18. The number of nitriles is 1. The van der Waals surface area contributed by atoms with Crippen LogP contribution in [0.2, 0.25) is 0 Å². The quantitative estimate of drug-likeness (QED) is 0.184. The second-order valence-electron chi connectivity index (χ2n) is 12.7. The van der Waals surface area contributed by atoms with Gasteiger partial charge in [-0.1, -0.05) is 146 Å². The first kappa shape index (κ1) is 27.4. The Hall–Kier alpha value is -6.69. The highest BCUT2D eigenvalue weighted by molar-refractivity contribution is 6.25. The Balaban J connectivity index is 1.31. The first-order valence-corrected chi connectivity index (χ1v) is 16.6. The van der Waals surface area contributed by atoms with E-state index in [1.54, 1.807) is 0 Å². The summed E-state index contributed by atoms with van der Waals surface area (Å²) in [5.74, 6) is 0. The SMILES string of the molecule is N#Cc1c2ccccc2c(-c2cccc3oc4ccc(-c5c6ccccc6c(-c6ccccc6)c6ccccc56)cc4c23)c2ccccc12. The van der Waals surface area contributed by atoms with E-state index in [0.717, 1.165) is 60.2 Å². The summed E-state index contributed by atoms with van der Waals surface area (Å²) in [6, 6.07) is 60.3. The van der Waals surface area contributed by atoms with Crippen molar-refractivity contribution in [3.8, 4) is 39.4 Å². The third-order valence-corrected chi connectivity index (χ3v) is 10.1. The fourth-order valence-electron chi connectivity index (χ4n) is 8.08. The van der Waals surface area contributed by atoms with E-state index in [4.69, 9.17) is 4.42 Å². The lowest BCUT2D eigenvalue weighted by atomic mass is 9.85. The second kappa shape index (κ2) is 10.7. The van der Waals surface area contributed by atoms with Crippen molar-refractivity contribution in [3.05, 3.63) is 169 Å². The molecular formula is C47H27NO. The summed E-state index contributed by atoms with van der Waals surface area (Å²) in [5.41, 5.74) is 9.45. The van der Waals surface area contributed by atoms with Crippen molar-refractivity contribution in [2.45, 2.75) is 0 Å².